The van der Waals surface area contributed by atoms with Crippen molar-refractivity contribution in [1.82, 2.24) is 14.5 Å². The van der Waals surface area contributed by atoms with Gasteiger partial charge in [-0.15, -0.1) is 0 Å². The number of halogens is 1. The minimum absolute atomic E-state index is 0.231. The van der Waals surface area contributed by atoms with Gasteiger partial charge in [-0.05, 0) is 73.5 Å². The van der Waals surface area contributed by atoms with Crippen LogP contribution in [0.25, 0.3) is 16.6 Å². The summed E-state index contributed by atoms with van der Waals surface area (Å²) >= 11 is 0. The van der Waals surface area contributed by atoms with Crippen LogP contribution in [0.2, 0.25) is 0 Å². The lowest BCUT2D eigenvalue weighted by Crippen LogP contribution is -2.38. The number of carbonyl (C=O) groups is 1. The maximum atomic E-state index is 14.1. The standard InChI is InChI=1S/C32H28FN3O3/c1-22(35(20-19-23-9-4-3-5-10-23)31(37)24-11-8-12-25(33)21-24)30-34-29-14-7-6-13-28(29)32(38)36(30)26-15-17-27(39-2)18-16-26/h3-18,21-22H,19-20H2,1-2H3. The molecular formula is C32H28FN3O3. The van der Waals surface area contributed by atoms with Crippen molar-refractivity contribution in [2.45, 2.75) is 19.4 Å². The molecule has 196 valence electrons. The highest BCUT2D eigenvalue weighted by atomic mass is 19.1. The van der Waals surface area contributed by atoms with Crippen LogP contribution in [0.1, 0.15) is 34.7 Å². The van der Waals surface area contributed by atoms with Crippen molar-refractivity contribution in [1.29, 1.82) is 0 Å². The largest absolute Gasteiger partial charge is 0.497 e. The number of para-hydroxylation sites is 1. The number of carbonyl (C=O) groups excluding carboxylic acids is 1. The summed E-state index contributed by atoms with van der Waals surface area (Å²) in [6.07, 6.45) is 0.576. The third-order valence-electron chi connectivity index (χ3n) is 6.79. The van der Waals surface area contributed by atoms with Crippen molar-refractivity contribution in [2.75, 3.05) is 13.7 Å². The Labute approximate surface area is 225 Å². The average Bonchev–Trinajstić information content (AvgIpc) is 2.97. The van der Waals surface area contributed by atoms with Crippen LogP contribution in [-0.2, 0) is 6.42 Å². The van der Waals surface area contributed by atoms with E-state index in [1.807, 2.05) is 43.3 Å². The van der Waals surface area contributed by atoms with E-state index in [9.17, 15) is 14.0 Å². The molecule has 1 atom stereocenters. The molecule has 0 saturated heterocycles. The van der Waals surface area contributed by atoms with Crippen molar-refractivity contribution in [3.05, 3.63) is 136 Å². The van der Waals surface area contributed by atoms with Crippen LogP contribution in [0.15, 0.2) is 108 Å². The molecule has 1 unspecified atom stereocenters. The van der Waals surface area contributed by atoms with Crippen LogP contribution in [0.4, 0.5) is 4.39 Å². The number of fused-ring (bicyclic) bond motifs is 1. The number of benzene rings is 4. The van der Waals surface area contributed by atoms with Crippen LogP contribution in [0, 0.1) is 5.82 Å². The van der Waals surface area contributed by atoms with Gasteiger partial charge in [-0.25, -0.2) is 9.37 Å². The molecular weight excluding hydrogens is 493 g/mol. The van der Waals surface area contributed by atoms with Crippen molar-refractivity contribution in [3.8, 4) is 11.4 Å². The lowest BCUT2D eigenvalue weighted by Gasteiger charge is -2.31. The number of rotatable bonds is 8. The first kappa shape index (κ1) is 25.9. The van der Waals surface area contributed by atoms with Gasteiger partial charge in [0.2, 0.25) is 0 Å². The molecule has 0 aliphatic heterocycles. The van der Waals surface area contributed by atoms with E-state index in [-0.39, 0.29) is 17.0 Å². The van der Waals surface area contributed by atoms with Gasteiger partial charge in [-0.1, -0.05) is 48.5 Å². The Morgan fingerprint density at radius 2 is 1.67 bits per heavy atom. The van der Waals surface area contributed by atoms with Gasteiger partial charge in [0.15, 0.2) is 0 Å². The second-order valence-electron chi connectivity index (χ2n) is 9.25. The van der Waals surface area contributed by atoms with Gasteiger partial charge in [0, 0.05) is 12.1 Å². The Bertz CT molecular complexity index is 1670. The number of aromatic nitrogens is 2. The van der Waals surface area contributed by atoms with E-state index in [0.717, 1.165) is 5.56 Å². The second kappa shape index (κ2) is 11.3. The number of ether oxygens (including phenoxy) is 1. The smallest absolute Gasteiger partial charge is 0.266 e. The van der Waals surface area contributed by atoms with Crippen LogP contribution in [0.3, 0.4) is 0 Å². The molecule has 0 N–H and O–H groups in total. The normalized spacial score (nSPS) is 11.8. The Kier molecular flexibility index (Phi) is 7.50. The van der Waals surface area contributed by atoms with E-state index in [2.05, 4.69) is 0 Å². The third-order valence-corrected chi connectivity index (χ3v) is 6.79. The van der Waals surface area contributed by atoms with Crippen molar-refractivity contribution >= 4 is 16.8 Å². The highest BCUT2D eigenvalue weighted by Gasteiger charge is 2.28. The summed E-state index contributed by atoms with van der Waals surface area (Å²) in [6.45, 7) is 2.19. The summed E-state index contributed by atoms with van der Waals surface area (Å²) in [4.78, 5) is 34.2. The highest BCUT2D eigenvalue weighted by Crippen LogP contribution is 2.26. The van der Waals surface area contributed by atoms with Crippen LogP contribution in [-0.4, -0.2) is 34.0 Å². The summed E-state index contributed by atoms with van der Waals surface area (Å²) in [5.41, 5.74) is 2.18. The fourth-order valence-corrected chi connectivity index (χ4v) is 4.70. The monoisotopic (exact) mass is 521 g/mol. The van der Waals surface area contributed by atoms with Gasteiger partial charge in [0.05, 0.1) is 29.7 Å². The Morgan fingerprint density at radius 3 is 2.38 bits per heavy atom. The van der Waals surface area contributed by atoms with Gasteiger partial charge in [0.1, 0.15) is 17.4 Å². The minimum atomic E-state index is -0.621. The third kappa shape index (κ3) is 5.43. The molecule has 1 aromatic heterocycles. The summed E-state index contributed by atoms with van der Waals surface area (Å²) in [7, 11) is 1.58. The maximum Gasteiger partial charge on any atom is 0.266 e. The zero-order valence-corrected chi connectivity index (χ0v) is 21.8. The Balaban J connectivity index is 1.65. The first-order chi connectivity index (χ1) is 19.0. The molecule has 5 aromatic rings. The topological polar surface area (TPSA) is 64.4 Å². The first-order valence-corrected chi connectivity index (χ1v) is 12.7. The van der Waals surface area contributed by atoms with Crippen LogP contribution in [0.5, 0.6) is 5.75 Å². The fourth-order valence-electron chi connectivity index (χ4n) is 4.70. The second-order valence-corrected chi connectivity index (χ2v) is 9.25. The molecule has 6 nitrogen and oxygen atoms in total. The first-order valence-electron chi connectivity index (χ1n) is 12.7. The summed E-state index contributed by atoms with van der Waals surface area (Å²) < 4.78 is 20.9. The van der Waals surface area contributed by atoms with E-state index >= 15 is 0 Å². The fraction of sp³-hybridized carbons (Fsp3) is 0.156. The van der Waals surface area contributed by atoms with Gasteiger partial charge in [-0.3, -0.25) is 14.2 Å². The number of amides is 1. The maximum absolute atomic E-state index is 14.1. The van der Waals surface area contributed by atoms with E-state index in [1.165, 1.54) is 18.2 Å². The summed E-state index contributed by atoms with van der Waals surface area (Å²) in [6, 6.07) is 29.1. The molecule has 0 fully saturated rings. The van der Waals surface area contributed by atoms with Crippen molar-refractivity contribution < 1.29 is 13.9 Å². The highest BCUT2D eigenvalue weighted by molar-refractivity contribution is 5.94. The molecule has 1 heterocycles. The van der Waals surface area contributed by atoms with Gasteiger partial charge >= 0.3 is 0 Å². The molecule has 4 aromatic carbocycles. The van der Waals surface area contributed by atoms with Crippen molar-refractivity contribution in [3.63, 3.8) is 0 Å². The molecule has 39 heavy (non-hydrogen) atoms. The lowest BCUT2D eigenvalue weighted by molar-refractivity contribution is 0.0683. The van der Waals surface area contributed by atoms with E-state index in [0.29, 0.717) is 41.1 Å². The quantitative estimate of drug-likeness (QED) is 0.252. The molecule has 0 aliphatic rings. The Morgan fingerprint density at radius 1 is 0.949 bits per heavy atom. The zero-order valence-electron chi connectivity index (χ0n) is 21.8. The van der Waals surface area contributed by atoms with Gasteiger partial charge < -0.3 is 9.64 Å². The van der Waals surface area contributed by atoms with Crippen LogP contribution >= 0.6 is 0 Å². The summed E-state index contributed by atoms with van der Waals surface area (Å²) in [5.74, 6) is 0.222. The van der Waals surface area contributed by atoms with E-state index < -0.39 is 11.9 Å². The lowest BCUT2D eigenvalue weighted by atomic mass is 10.1. The zero-order chi connectivity index (χ0) is 27.4. The number of hydrogen-bond donors (Lipinski definition) is 0. The summed E-state index contributed by atoms with van der Waals surface area (Å²) in [5, 5.41) is 0.469. The molecule has 7 heteroatoms. The van der Waals surface area contributed by atoms with Crippen LogP contribution < -0.4 is 10.3 Å². The van der Waals surface area contributed by atoms with Gasteiger partial charge in [0.25, 0.3) is 11.5 Å². The molecule has 5 rings (SSSR count). The molecule has 0 spiro atoms. The molecule has 0 aliphatic carbocycles. The molecule has 0 saturated carbocycles. The predicted octanol–water partition coefficient (Wildman–Crippen LogP) is 5.98. The van der Waals surface area contributed by atoms with Gasteiger partial charge in [-0.2, -0.15) is 0 Å². The SMILES string of the molecule is COc1ccc(-n2c(C(C)N(CCc3ccccc3)C(=O)c3cccc(F)c3)nc3ccccc3c2=O)cc1. The van der Waals surface area contributed by atoms with Crippen molar-refractivity contribution in [2.24, 2.45) is 0 Å². The number of methoxy groups -OCH3 is 1. The Hall–Kier alpha value is -4.78. The molecule has 1 amide bonds. The number of hydrogen-bond acceptors (Lipinski definition) is 4. The average molecular weight is 522 g/mol. The molecule has 0 bridgehead atoms. The number of nitrogens with zero attached hydrogens (tertiary/aromatic N) is 3. The van der Waals surface area contributed by atoms with E-state index in [4.69, 9.17) is 9.72 Å². The van der Waals surface area contributed by atoms with E-state index in [1.54, 1.807) is 65.1 Å². The minimum Gasteiger partial charge on any atom is -0.497 e. The predicted molar refractivity (Wildman–Crippen MR) is 150 cm³/mol. The molecule has 0 radical (unpaired) electrons.